The van der Waals surface area contributed by atoms with Crippen LogP contribution in [-0.4, -0.2) is 66.4 Å². The van der Waals surface area contributed by atoms with E-state index in [2.05, 4.69) is 0 Å². The second kappa shape index (κ2) is 11.5. The minimum absolute atomic E-state index is 0.0318. The number of hydrogen-bond acceptors (Lipinski definition) is 6. The second-order valence-electron chi connectivity index (χ2n) is 8.42. The van der Waals surface area contributed by atoms with Crippen LogP contribution in [0.1, 0.15) is 51.5 Å². The SMILES string of the molecule is CCOC(=O)C1=C(C)N(CC(=O)N2CCC(C(=O)OCC)CC2)C(=O)CC1c1cccc(Cl)c1. The smallest absolute Gasteiger partial charge is 0.336 e. The van der Waals surface area contributed by atoms with Gasteiger partial charge < -0.3 is 19.3 Å². The van der Waals surface area contributed by atoms with Crippen LogP contribution in [0.15, 0.2) is 35.5 Å². The number of halogens is 1. The van der Waals surface area contributed by atoms with Gasteiger partial charge in [-0.25, -0.2) is 4.79 Å². The molecule has 2 aliphatic rings. The van der Waals surface area contributed by atoms with Gasteiger partial charge >= 0.3 is 11.9 Å². The van der Waals surface area contributed by atoms with Gasteiger partial charge in [0.15, 0.2) is 0 Å². The first-order chi connectivity index (χ1) is 16.3. The number of carbonyl (C=O) groups is 4. The molecule has 1 fully saturated rings. The van der Waals surface area contributed by atoms with Crippen LogP contribution in [0.2, 0.25) is 5.02 Å². The Labute approximate surface area is 204 Å². The van der Waals surface area contributed by atoms with E-state index in [0.29, 0.717) is 48.8 Å². The summed E-state index contributed by atoms with van der Waals surface area (Å²) in [6, 6.07) is 7.06. The van der Waals surface area contributed by atoms with Crippen LogP contribution in [0.5, 0.6) is 0 Å². The Balaban J connectivity index is 1.79. The van der Waals surface area contributed by atoms with E-state index in [-0.39, 0.29) is 43.3 Å². The van der Waals surface area contributed by atoms with E-state index >= 15 is 0 Å². The van der Waals surface area contributed by atoms with Crippen LogP contribution < -0.4 is 0 Å². The molecule has 1 unspecified atom stereocenters. The van der Waals surface area contributed by atoms with Crippen LogP contribution >= 0.6 is 11.6 Å². The molecule has 184 valence electrons. The van der Waals surface area contributed by atoms with Gasteiger partial charge in [0.1, 0.15) is 6.54 Å². The van der Waals surface area contributed by atoms with Gasteiger partial charge in [0.25, 0.3) is 0 Å². The van der Waals surface area contributed by atoms with Gasteiger partial charge in [-0.1, -0.05) is 23.7 Å². The summed E-state index contributed by atoms with van der Waals surface area (Å²) < 4.78 is 10.4. The summed E-state index contributed by atoms with van der Waals surface area (Å²) in [6.07, 6.45) is 1.08. The molecule has 34 heavy (non-hydrogen) atoms. The lowest BCUT2D eigenvalue weighted by atomic mass is 9.83. The molecule has 0 saturated carbocycles. The van der Waals surface area contributed by atoms with Crippen molar-refractivity contribution in [2.24, 2.45) is 5.92 Å². The molecule has 1 saturated heterocycles. The average molecular weight is 491 g/mol. The van der Waals surface area contributed by atoms with Crippen molar-refractivity contribution in [1.29, 1.82) is 0 Å². The average Bonchev–Trinajstić information content (AvgIpc) is 2.81. The Morgan fingerprint density at radius 1 is 1.09 bits per heavy atom. The molecule has 3 rings (SSSR count). The zero-order chi connectivity index (χ0) is 24.8. The fraction of sp³-hybridized carbons (Fsp3) is 0.520. The van der Waals surface area contributed by atoms with Gasteiger partial charge in [0.2, 0.25) is 11.8 Å². The highest BCUT2D eigenvalue weighted by Crippen LogP contribution is 2.38. The topological polar surface area (TPSA) is 93.2 Å². The first kappa shape index (κ1) is 25.7. The van der Waals surface area contributed by atoms with Gasteiger partial charge in [-0.3, -0.25) is 14.4 Å². The molecular formula is C25H31ClN2O6. The van der Waals surface area contributed by atoms with Crippen molar-refractivity contribution in [2.45, 2.75) is 46.0 Å². The molecule has 0 bridgehead atoms. The first-order valence-corrected chi connectivity index (χ1v) is 12.0. The summed E-state index contributed by atoms with van der Waals surface area (Å²) in [7, 11) is 0. The van der Waals surface area contributed by atoms with Crippen molar-refractivity contribution in [3.63, 3.8) is 0 Å². The van der Waals surface area contributed by atoms with E-state index in [9.17, 15) is 19.2 Å². The minimum atomic E-state index is -0.509. The maximum atomic E-state index is 13.1. The third kappa shape index (κ3) is 5.78. The van der Waals surface area contributed by atoms with Crippen LogP contribution in [0.3, 0.4) is 0 Å². The Kier molecular flexibility index (Phi) is 8.72. The lowest BCUT2D eigenvalue weighted by molar-refractivity contribution is -0.151. The monoisotopic (exact) mass is 490 g/mol. The lowest BCUT2D eigenvalue weighted by Crippen LogP contribution is -2.48. The third-order valence-electron chi connectivity index (χ3n) is 6.33. The van der Waals surface area contributed by atoms with E-state index in [1.165, 1.54) is 4.90 Å². The van der Waals surface area contributed by atoms with E-state index < -0.39 is 11.9 Å². The fourth-order valence-electron chi connectivity index (χ4n) is 4.54. The molecule has 2 heterocycles. The summed E-state index contributed by atoms with van der Waals surface area (Å²) in [5, 5.41) is 0.509. The van der Waals surface area contributed by atoms with Gasteiger partial charge in [-0.05, 0) is 51.3 Å². The number of ether oxygens (including phenoxy) is 2. The summed E-state index contributed by atoms with van der Waals surface area (Å²) in [5.74, 6) is -1.92. The van der Waals surface area contributed by atoms with Crippen molar-refractivity contribution >= 4 is 35.4 Å². The van der Waals surface area contributed by atoms with Crippen LogP contribution in [0, 0.1) is 5.92 Å². The highest BCUT2D eigenvalue weighted by atomic mass is 35.5. The number of amides is 2. The van der Waals surface area contributed by atoms with E-state index in [0.717, 1.165) is 5.56 Å². The van der Waals surface area contributed by atoms with Gasteiger partial charge in [-0.2, -0.15) is 0 Å². The fourth-order valence-corrected chi connectivity index (χ4v) is 4.74. The van der Waals surface area contributed by atoms with Gasteiger partial charge in [-0.15, -0.1) is 0 Å². The molecule has 0 N–H and O–H groups in total. The molecule has 0 aromatic heterocycles. The Bertz CT molecular complexity index is 983. The summed E-state index contributed by atoms with van der Waals surface area (Å²) >= 11 is 6.15. The minimum Gasteiger partial charge on any atom is -0.466 e. The molecule has 2 aliphatic heterocycles. The summed E-state index contributed by atoms with van der Waals surface area (Å²) in [5.41, 5.74) is 1.52. The quantitative estimate of drug-likeness (QED) is 0.544. The number of carbonyl (C=O) groups excluding carboxylic acids is 4. The molecular weight excluding hydrogens is 460 g/mol. The number of benzene rings is 1. The highest BCUT2D eigenvalue weighted by molar-refractivity contribution is 6.30. The first-order valence-electron chi connectivity index (χ1n) is 11.6. The zero-order valence-electron chi connectivity index (χ0n) is 19.8. The molecule has 0 aliphatic carbocycles. The number of rotatable bonds is 7. The van der Waals surface area contributed by atoms with Gasteiger partial charge in [0, 0.05) is 36.1 Å². The van der Waals surface area contributed by atoms with Gasteiger partial charge in [0.05, 0.1) is 24.7 Å². The molecule has 0 radical (unpaired) electrons. The largest absolute Gasteiger partial charge is 0.466 e. The molecule has 8 nitrogen and oxygen atoms in total. The van der Waals surface area contributed by atoms with Crippen molar-refractivity contribution in [3.8, 4) is 0 Å². The van der Waals surface area contributed by atoms with E-state index in [4.69, 9.17) is 21.1 Å². The molecule has 0 spiro atoms. The zero-order valence-corrected chi connectivity index (χ0v) is 20.6. The lowest BCUT2D eigenvalue weighted by Gasteiger charge is -2.36. The number of hydrogen-bond donors (Lipinski definition) is 0. The standard InChI is InChI=1S/C25H31ClN2O6/c1-4-33-24(31)17-9-11-27(12-10-17)22(30)15-28-16(3)23(25(32)34-5-2)20(14-21(28)29)18-7-6-8-19(26)13-18/h6-8,13,17,20H,4-5,9-12,14-15H2,1-3H3. The number of piperidine rings is 1. The molecule has 9 heteroatoms. The number of likely N-dealkylation sites (tertiary alicyclic amines) is 1. The van der Waals surface area contributed by atoms with E-state index in [1.807, 2.05) is 6.07 Å². The third-order valence-corrected chi connectivity index (χ3v) is 6.57. The number of nitrogens with zero attached hydrogens (tertiary/aromatic N) is 2. The Morgan fingerprint density at radius 2 is 1.76 bits per heavy atom. The summed E-state index contributed by atoms with van der Waals surface area (Å²) in [4.78, 5) is 54.0. The van der Waals surface area contributed by atoms with Crippen LogP contribution in [-0.2, 0) is 28.7 Å². The van der Waals surface area contributed by atoms with Crippen LogP contribution in [0.25, 0.3) is 0 Å². The highest BCUT2D eigenvalue weighted by Gasteiger charge is 2.38. The maximum absolute atomic E-state index is 13.1. The predicted molar refractivity (Wildman–Crippen MR) is 126 cm³/mol. The van der Waals surface area contributed by atoms with Crippen molar-refractivity contribution in [2.75, 3.05) is 32.8 Å². The van der Waals surface area contributed by atoms with Crippen LogP contribution in [0.4, 0.5) is 0 Å². The molecule has 2 amide bonds. The normalized spacial score (nSPS) is 19.3. The van der Waals surface area contributed by atoms with Crippen molar-refractivity contribution < 1.29 is 28.7 Å². The van der Waals surface area contributed by atoms with Crippen molar-refractivity contribution in [3.05, 3.63) is 46.1 Å². The molecule has 1 aromatic rings. The number of esters is 2. The Hall–Kier alpha value is -2.87. The van der Waals surface area contributed by atoms with Crippen molar-refractivity contribution in [1.82, 2.24) is 9.80 Å². The molecule has 1 atom stereocenters. The predicted octanol–water partition coefficient (Wildman–Crippen LogP) is 3.29. The maximum Gasteiger partial charge on any atom is 0.336 e. The Morgan fingerprint density at radius 3 is 2.38 bits per heavy atom. The summed E-state index contributed by atoms with van der Waals surface area (Å²) in [6.45, 7) is 6.35. The number of allylic oxidation sites excluding steroid dienone is 1. The second-order valence-corrected chi connectivity index (χ2v) is 8.85. The molecule has 1 aromatic carbocycles. The van der Waals surface area contributed by atoms with E-state index in [1.54, 1.807) is 43.9 Å².